The van der Waals surface area contributed by atoms with Crippen LogP contribution < -0.4 is 20.1 Å². The highest BCUT2D eigenvalue weighted by molar-refractivity contribution is 5.78. The number of hydrogen-bond acceptors (Lipinski definition) is 4. The molecule has 2 unspecified atom stereocenters. The van der Waals surface area contributed by atoms with Crippen molar-refractivity contribution in [2.24, 2.45) is 0 Å². The largest absolute Gasteiger partial charge is 0.493 e. The fourth-order valence-electron chi connectivity index (χ4n) is 2.68. The molecule has 5 heteroatoms. The molecule has 0 bridgehead atoms. The quantitative estimate of drug-likeness (QED) is 0.807. The van der Waals surface area contributed by atoms with Gasteiger partial charge in [0, 0.05) is 25.0 Å². The van der Waals surface area contributed by atoms with E-state index in [1.54, 1.807) is 14.2 Å². The van der Waals surface area contributed by atoms with Crippen LogP contribution in [0.15, 0.2) is 18.2 Å². The number of rotatable bonds is 7. The Hall–Kier alpha value is -1.75. The van der Waals surface area contributed by atoms with Crippen LogP contribution in [0, 0.1) is 0 Å². The lowest BCUT2D eigenvalue weighted by molar-refractivity contribution is -0.119. The first kappa shape index (κ1) is 15.6. The normalized spacial score (nSPS) is 19.2. The zero-order valence-corrected chi connectivity index (χ0v) is 12.9. The summed E-state index contributed by atoms with van der Waals surface area (Å²) in [6.45, 7) is 2.93. The highest BCUT2D eigenvalue weighted by Crippen LogP contribution is 2.30. The molecule has 5 nitrogen and oxygen atoms in total. The molecular weight excluding hydrogens is 268 g/mol. The Morgan fingerprint density at radius 2 is 2.10 bits per heavy atom. The van der Waals surface area contributed by atoms with E-state index in [0.717, 1.165) is 30.9 Å². The van der Waals surface area contributed by atoms with E-state index in [-0.39, 0.29) is 18.0 Å². The van der Waals surface area contributed by atoms with Crippen LogP contribution >= 0.6 is 0 Å². The molecule has 21 heavy (non-hydrogen) atoms. The van der Waals surface area contributed by atoms with Gasteiger partial charge in [-0.15, -0.1) is 0 Å². The highest BCUT2D eigenvalue weighted by Gasteiger charge is 2.21. The van der Waals surface area contributed by atoms with Crippen LogP contribution in [0.2, 0.25) is 0 Å². The minimum absolute atomic E-state index is 0.154. The number of amides is 1. The molecule has 2 N–H and O–H groups in total. The second kappa shape index (κ2) is 7.31. The molecule has 1 aromatic rings. The molecule has 2 rings (SSSR count). The van der Waals surface area contributed by atoms with E-state index in [1.807, 2.05) is 12.1 Å². The third kappa shape index (κ3) is 3.88. The summed E-state index contributed by atoms with van der Waals surface area (Å²) >= 11 is 0. The molecule has 1 aliphatic rings. The molecule has 116 valence electrons. The van der Waals surface area contributed by atoms with Crippen molar-refractivity contribution in [3.05, 3.63) is 23.8 Å². The van der Waals surface area contributed by atoms with Gasteiger partial charge < -0.3 is 20.1 Å². The summed E-state index contributed by atoms with van der Waals surface area (Å²) < 4.78 is 10.6. The van der Waals surface area contributed by atoms with E-state index in [4.69, 9.17) is 9.47 Å². The van der Waals surface area contributed by atoms with Gasteiger partial charge in [0.15, 0.2) is 11.5 Å². The maximum Gasteiger partial charge on any atom is 0.220 e. The predicted molar refractivity (Wildman–Crippen MR) is 81.7 cm³/mol. The zero-order valence-electron chi connectivity index (χ0n) is 12.9. The van der Waals surface area contributed by atoms with Crippen LogP contribution in [0.4, 0.5) is 0 Å². The number of benzene rings is 1. The summed E-state index contributed by atoms with van der Waals surface area (Å²) in [4.78, 5) is 11.2. The topological polar surface area (TPSA) is 59.6 Å². The fourth-order valence-corrected chi connectivity index (χ4v) is 2.68. The molecule has 2 atom stereocenters. The third-order valence-corrected chi connectivity index (χ3v) is 3.91. The average Bonchev–Trinajstić information content (AvgIpc) is 2.93. The van der Waals surface area contributed by atoms with Crippen molar-refractivity contribution in [2.75, 3.05) is 20.8 Å². The van der Waals surface area contributed by atoms with Crippen molar-refractivity contribution in [1.82, 2.24) is 10.6 Å². The summed E-state index contributed by atoms with van der Waals surface area (Å²) in [6.07, 6.45) is 2.52. The molecule has 0 aromatic heterocycles. The lowest BCUT2D eigenvalue weighted by Crippen LogP contribution is -2.37. The van der Waals surface area contributed by atoms with E-state index in [9.17, 15) is 4.79 Å². The predicted octanol–water partition coefficient (Wildman–Crippen LogP) is 2.02. The van der Waals surface area contributed by atoms with Gasteiger partial charge >= 0.3 is 0 Å². The lowest BCUT2D eigenvalue weighted by Gasteiger charge is -2.21. The second-order valence-corrected chi connectivity index (χ2v) is 5.29. The molecule has 1 amide bonds. The number of carbonyl (C=O) groups excluding carboxylic acids is 1. The van der Waals surface area contributed by atoms with Crippen LogP contribution in [0.5, 0.6) is 11.5 Å². The fraction of sp³-hybridized carbons (Fsp3) is 0.562. The maximum atomic E-state index is 11.2. The molecule has 0 spiro atoms. The summed E-state index contributed by atoms with van der Waals surface area (Å²) in [5, 5.41) is 6.51. The van der Waals surface area contributed by atoms with Crippen molar-refractivity contribution in [3.8, 4) is 11.5 Å². The Labute approximate surface area is 126 Å². The smallest absolute Gasteiger partial charge is 0.220 e. The number of hydrogen-bond donors (Lipinski definition) is 2. The monoisotopic (exact) mass is 292 g/mol. The Morgan fingerprint density at radius 3 is 2.67 bits per heavy atom. The molecular formula is C16H24N2O3. The van der Waals surface area contributed by atoms with Crippen molar-refractivity contribution in [1.29, 1.82) is 0 Å². The Morgan fingerprint density at radius 1 is 1.33 bits per heavy atom. The average molecular weight is 292 g/mol. The van der Waals surface area contributed by atoms with Crippen LogP contribution in [0.25, 0.3) is 0 Å². The maximum absolute atomic E-state index is 11.2. The molecule has 1 aliphatic heterocycles. The molecule has 0 aliphatic carbocycles. The number of nitrogens with one attached hydrogen (secondary N) is 2. The molecule has 1 fully saturated rings. The van der Waals surface area contributed by atoms with Gasteiger partial charge in [-0.25, -0.2) is 0 Å². The van der Waals surface area contributed by atoms with Gasteiger partial charge in [-0.05, 0) is 30.5 Å². The van der Waals surface area contributed by atoms with Gasteiger partial charge in [-0.2, -0.15) is 0 Å². The molecule has 1 heterocycles. The highest BCUT2D eigenvalue weighted by atomic mass is 16.5. The van der Waals surface area contributed by atoms with E-state index in [0.29, 0.717) is 6.42 Å². The Balaban J connectivity index is 2.01. The molecule has 0 saturated carbocycles. The SMILES string of the molecule is CCC(NCC1CCC(=O)N1)c1ccc(OC)c(OC)c1. The first-order valence-corrected chi connectivity index (χ1v) is 7.42. The summed E-state index contributed by atoms with van der Waals surface area (Å²) in [6, 6.07) is 6.47. The molecule has 0 radical (unpaired) electrons. The van der Waals surface area contributed by atoms with Crippen molar-refractivity contribution < 1.29 is 14.3 Å². The number of methoxy groups -OCH3 is 2. The molecule has 1 saturated heterocycles. The van der Waals surface area contributed by atoms with Crippen LogP contribution in [0.1, 0.15) is 37.8 Å². The van der Waals surface area contributed by atoms with Gasteiger partial charge in [0.1, 0.15) is 0 Å². The van der Waals surface area contributed by atoms with E-state index in [1.165, 1.54) is 5.56 Å². The summed E-state index contributed by atoms with van der Waals surface area (Å²) in [7, 11) is 3.28. The second-order valence-electron chi connectivity index (χ2n) is 5.29. The van der Waals surface area contributed by atoms with Crippen molar-refractivity contribution in [2.45, 2.75) is 38.3 Å². The van der Waals surface area contributed by atoms with E-state index in [2.05, 4.69) is 23.6 Å². The van der Waals surface area contributed by atoms with Crippen LogP contribution in [-0.4, -0.2) is 32.7 Å². The van der Waals surface area contributed by atoms with Gasteiger partial charge in [-0.3, -0.25) is 4.79 Å². The molecule has 1 aromatic carbocycles. The van der Waals surface area contributed by atoms with Crippen molar-refractivity contribution >= 4 is 5.91 Å². The standard InChI is InChI=1S/C16H24N2O3/c1-4-13(17-10-12-6-8-16(19)18-12)11-5-7-14(20-2)15(9-11)21-3/h5,7,9,12-13,17H,4,6,8,10H2,1-3H3,(H,18,19). The van der Waals surface area contributed by atoms with E-state index < -0.39 is 0 Å². The van der Waals surface area contributed by atoms with Gasteiger partial charge in [-0.1, -0.05) is 13.0 Å². The van der Waals surface area contributed by atoms with Crippen molar-refractivity contribution in [3.63, 3.8) is 0 Å². The number of carbonyl (C=O) groups is 1. The Bertz CT molecular complexity index is 490. The minimum atomic E-state index is 0.154. The van der Waals surface area contributed by atoms with Crippen LogP contribution in [0.3, 0.4) is 0 Å². The summed E-state index contributed by atoms with van der Waals surface area (Å²) in [5.74, 6) is 1.63. The van der Waals surface area contributed by atoms with Gasteiger partial charge in [0.2, 0.25) is 5.91 Å². The Kier molecular flexibility index (Phi) is 5.44. The third-order valence-electron chi connectivity index (χ3n) is 3.91. The van der Waals surface area contributed by atoms with Gasteiger partial charge in [0.05, 0.1) is 14.2 Å². The first-order valence-electron chi connectivity index (χ1n) is 7.42. The minimum Gasteiger partial charge on any atom is -0.493 e. The lowest BCUT2D eigenvalue weighted by atomic mass is 10.0. The summed E-state index contributed by atoms with van der Waals surface area (Å²) in [5.41, 5.74) is 1.17. The zero-order chi connectivity index (χ0) is 15.2. The number of ether oxygens (including phenoxy) is 2. The van der Waals surface area contributed by atoms with Crippen LogP contribution in [-0.2, 0) is 4.79 Å². The van der Waals surface area contributed by atoms with E-state index >= 15 is 0 Å². The first-order chi connectivity index (χ1) is 10.2. The van der Waals surface area contributed by atoms with Gasteiger partial charge in [0.25, 0.3) is 0 Å².